The second-order valence-corrected chi connectivity index (χ2v) is 9.76. The van der Waals surface area contributed by atoms with Crippen LogP contribution >= 0.6 is 0 Å². The summed E-state index contributed by atoms with van der Waals surface area (Å²) < 4.78 is 37.3. The number of carbonyl (C=O) groups is 1. The van der Waals surface area contributed by atoms with Crippen LogP contribution in [0.15, 0.2) is 30.3 Å². The van der Waals surface area contributed by atoms with Gasteiger partial charge >= 0.3 is 0 Å². The molecule has 0 aliphatic rings. The fraction of sp³-hybridized carbons (Fsp3) is 0.474. The molecule has 27 heavy (non-hydrogen) atoms. The van der Waals surface area contributed by atoms with E-state index in [2.05, 4.69) is 10.2 Å². The van der Waals surface area contributed by atoms with Gasteiger partial charge < -0.3 is 4.90 Å². The quantitative estimate of drug-likeness (QED) is 0.745. The van der Waals surface area contributed by atoms with Gasteiger partial charge in [0, 0.05) is 24.8 Å². The molecule has 1 aromatic heterocycles. The predicted molar refractivity (Wildman–Crippen MR) is 103 cm³/mol. The molecule has 0 radical (unpaired) electrons. The number of benzene rings is 1. The molecule has 0 saturated carbocycles. The average Bonchev–Trinajstić information content (AvgIpc) is 3.09. The van der Waals surface area contributed by atoms with E-state index in [1.165, 1.54) is 24.0 Å². The monoisotopic (exact) mass is 395 g/mol. The van der Waals surface area contributed by atoms with E-state index in [1.807, 2.05) is 6.07 Å². The zero-order valence-corrected chi connectivity index (χ0v) is 16.9. The van der Waals surface area contributed by atoms with E-state index in [0.717, 1.165) is 17.0 Å². The number of sulfone groups is 1. The first-order valence-electron chi connectivity index (χ1n) is 8.91. The molecule has 1 atom stereocenters. The molecule has 1 heterocycles. The molecule has 0 fully saturated rings. The van der Waals surface area contributed by atoms with Crippen molar-refractivity contribution in [3.63, 3.8) is 0 Å². The minimum atomic E-state index is -3.46. The molecule has 0 aliphatic carbocycles. The number of nitrogens with zero attached hydrogens (tertiary/aromatic N) is 2. The molecule has 0 spiro atoms. The van der Waals surface area contributed by atoms with Crippen LogP contribution in [-0.4, -0.2) is 53.5 Å². The Morgan fingerprint density at radius 3 is 2.44 bits per heavy atom. The molecule has 1 N–H and O–H groups in total. The lowest BCUT2D eigenvalue weighted by Gasteiger charge is -2.22. The standard InChI is InChI=1S/C19H26FN3O3S/c1-13(2)27(25,26)14(3)19(24)23(4)11-5-6-17-12-18(22-21-17)15-7-9-16(20)10-8-15/h7-10,12-14H,5-6,11H2,1-4H3,(H,21,22). The molecule has 1 aromatic carbocycles. The Labute approximate surface area is 159 Å². The molecular weight excluding hydrogens is 369 g/mol. The lowest BCUT2D eigenvalue weighted by Crippen LogP contribution is -2.42. The summed E-state index contributed by atoms with van der Waals surface area (Å²) in [4.78, 5) is 13.8. The topological polar surface area (TPSA) is 83.1 Å². The van der Waals surface area contributed by atoms with Crippen LogP contribution in [0.1, 0.15) is 32.9 Å². The Bertz CT molecular complexity index is 876. The summed E-state index contributed by atoms with van der Waals surface area (Å²) in [7, 11) is -1.85. The highest BCUT2D eigenvalue weighted by molar-refractivity contribution is 7.93. The van der Waals surface area contributed by atoms with Gasteiger partial charge in [-0.25, -0.2) is 12.8 Å². The van der Waals surface area contributed by atoms with Crippen molar-refractivity contribution in [2.45, 2.75) is 44.1 Å². The minimum Gasteiger partial charge on any atom is -0.345 e. The summed E-state index contributed by atoms with van der Waals surface area (Å²) in [6.07, 6.45) is 1.33. The number of aryl methyl sites for hydroxylation is 1. The fourth-order valence-electron chi connectivity index (χ4n) is 2.73. The smallest absolute Gasteiger partial charge is 0.240 e. The van der Waals surface area contributed by atoms with Crippen LogP contribution in [0.25, 0.3) is 11.3 Å². The van der Waals surface area contributed by atoms with E-state index in [-0.39, 0.29) is 11.7 Å². The van der Waals surface area contributed by atoms with Crippen molar-refractivity contribution < 1.29 is 17.6 Å². The molecule has 148 valence electrons. The molecule has 8 heteroatoms. The number of amides is 1. The molecule has 1 unspecified atom stereocenters. The van der Waals surface area contributed by atoms with Crippen molar-refractivity contribution in [2.24, 2.45) is 0 Å². The minimum absolute atomic E-state index is 0.295. The first-order chi connectivity index (χ1) is 12.6. The SMILES string of the molecule is CC(C)S(=O)(=O)C(C)C(=O)N(C)CCCc1cc(-c2ccc(F)cc2)n[nH]1. The predicted octanol–water partition coefficient (Wildman–Crippen LogP) is 2.82. The number of hydrogen-bond donors (Lipinski definition) is 1. The van der Waals surface area contributed by atoms with E-state index >= 15 is 0 Å². The van der Waals surface area contributed by atoms with Crippen LogP contribution in [0.3, 0.4) is 0 Å². The van der Waals surface area contributed by atoms with E-state index in [1.54, 1.807) is 33.0 Å². The van der Waals surface area contributed by atoms with Crippen molar-refractivity contribution in [3.05, 3.63) is 41.8 Å². The lowest BCUT2D eigenvalue weighted by molar-refractivity contribution is -0.129. The lowest BCUT2D eigenvalue weighted by atomic mass is 10.1. The largest absolute Gasteiger partial charge is 0.345 e. The first kappa shape index (κ1) is 21.1. The maximum absolute atomic E-state index is 13.0. The molecule has 2 aromatic rings. The summed E-state index contributed by atoms with van der Waals surface area (Å²) in [5, 5.41) is 5.54. The Balaban J connectivity index is 1.89. The second kappa shape index (κ2) is 8.65. The number of nitrogens with one attached hydrogen (secondary N) is 1. The normalized spacial score (nSPS) is 13.0. The van der Waals surface area contributed by atoms with Crippen LogP contribution < -0.4 is 0 Å². The zero-order valence-electron chi connectivity index (χ0n) is 16.1. The van der Waals surface area contributed by atoms with Crippen LogP contribution in [0.2, 0.25) is 0 Å². The third-order valence-corrected chi connectivity index (χ3v) is 7.09. The fourth-order valence-corrected chi connectivity index (χ4v) is 4.01. The van der Waals surface area contributed by atoms with E-state index in [0.29, 0.717) is 19.4 Å². The maximum Gasteiger partial charge on any atom is 0.240 e. The number of aromatic nitrogens is 2. The molecule has 0 aliphatic heterocycles. The highest BCUT2D eigenvalue weighted by Crippen LogP contribution is 2.18. The summed E-state index contributed by atoms with van der Waals surface area (Å²) in [6, 6.07) is 7.99. The zero-order chi connectivity index (χ0) is 20.2. The van der Waals surface area contributed by atoms with Gasteiger partial charge in [-0.2, -0.15) is 5.10 Å². The maximum atomic E-state index is 13.0. The molecule has 0 bridgehead atoms. The summed E-state index contributed by atoms with van der Waals surface area (Å²) in [5.41, 5.74) is 2.45. The molecule has 0 saturated heterocycles. The van der Waals surface area contributed by atoms with Crippen molar-refractivity contribution in [2.75, 3.05) is 13.6 Å². The summed E-state index contributed by atoms with van der Waals surface area (Å²) in [6.45, 7) is 5.05. The number of hydrogen-bond acceptors (Lipinski definition) is 4. The molecular formula is C19H26FN3O3S. The molecule has 6 nitrogen and oxygen atoms in total. The Hall–Kier alpha value is -2.22. The van der Waals surface area contributed by atoms with E-state index < -0.39 is 20.3 Å². The third-order valence-electron chi connectivity index (χ3n) is 4.58. The van der Waals surface area contributed by atoms with Crippen LogP contribution in [0, 0.1) is 5.82 Å². The van der Waals surface area contributed by atoms with Gasteiger partial charge in [-0.1, -0.05) is 0 Å². The number of H-pyrrole nitrogens is 1. The number of rotatable bonds is 8. The first-order valence-corrected chi connectivity index (χ1v) is 10.5. The van der Waals surface area contributed by atoms with Gasteiger partial charge in [0.2, 0.25) is 5.91 Å². The van der Waals surface area contributed by atoms with Gasteiger partial charge in [-0.3, -0.25) is 9.89 Å². The average molecular weight is 396 g/mol. The van der Waals surface area contributed by atoms with Gasteiger partial charge in [0.1, 0.15) is 11.1 Å². The van der Waals surface area contributed by atoms with Crippen LogP contribution in [0.4, 0.5) is 4.39 Å². The number of carbonyl (C=O) groups excluding carboxylic acids is 1. The Morgan fingerprint density at radius 2 is 1.85 bits per heavy atom. The highest BCUT2D eigenvalue weighted by Gasteiger charge is 2.32. The van der Waals surface area contributed by atoms with Crippen molar-refractivity contribution in [1.29, 1.82) is 0 Å². The third kappa shape index (κ3) is 5.15. The van der Waals surface area contributed by atoms with Gasteiger partial charge in [0.05, 0.1) is 10.9 Å². The highest BCUT2D eigenvalue weighted by atomic mass is 32.2. The van der Waals surface area contributed by atoms with Crippen LogP contribution in [-0.2, 0) is 21.1 Å². The number of aromatic amines is 1. The summed E-state index contributed by atoms with van der Waals surface area (Å²) in [5.74, 6) is -0.684. The Kier molecular flexibility index (Phi) is 6.75. The van der Waals surface area contributed by atoms with Crippen molar-refractivity contribution in [1.82, 2.24) is 15.1 Å². The molecule has 1 amide bonds. The Morgan fingerprint density at radius 1 is 1.22 bits per heavy atom. The summed E-state index contributed by atoms with van der Waals surface area (Å²) >= 11 is 0. The van der Waals surface area contributed by atoms with Crippen molar-refractivity contribution in [3.8, 4) is 11.3 Å². The van der Waals surface area contributed by atoms with Crippen LogP contribution in [0.5, 0.6) is 0 Å². The van der Waals surface area contributed by atoms with Gasteiger partial charge in [-0.05, 0) is 63.9 Å². The molecule has 2 rings (SSSR count). The second-order valence-electron chi connectivity index (χ2n) is 6.93. The van der Waals surface area contributed by atoms with E-state index in [4.69, 9.17) is 0 Å². The van der Waals surface area contributed by atoms with E-state index in [9.17, 15) is 17.6 Å². The number of halogens is 1. The van der Waals surface area contributed by atoms with Gasteiger partial charge in [0.25, 0.3) is 0 Å². The van der Waals surface area contributed by atoms with Gasteiger partial charge in [0.15, 0.2) is 9.84 Å². The van der Waals surface area contributed by atoms with Gasteiger partial charge in [-0.15, -0.1) is 0 Å². The van der Waals surface area contributed by atoms with Crippen molar-refractivity contribution >= 4 is 15.7 Å².